The van der Waals surface area contributed by atoms with E-state index in [-0.39, 0.29) is 12.0 Å². The molecule has 0 N–H and O–H groups in total. The van der Waals surface area contributed by atoms with Gasteiger partial charge in [0.15, 0.2) is 5.13 Å². The third kappa shape index (κ3) is 3.81. The van der Waals surface area contributed by atoms with Crippen LogP contribution in [0.15, 0.2) is 41.3 Å². The van der Waals surface area contributed by atoms with Gasteiger partial charge in [0.05, 0.1) is 28.4 Å². The van der Waals surface area contributed by atoms with Gasteiger partial charge < -0.3 is 4.74 Å². The lowest BCUT2D eigenvalue weighted by Crippen LogP contribution is -2.37. The largest absolute Gasteiger partial charge is 0.376 e. The second-order valence-corrected chi connectivity index (χ2v) is 9.03. The predicted molar refractivity (Wildman–Crippen MR) is 118 cm³/mol. The van der Waals surface area contributed by atoms with Crippen LogP contribution in [0.25, 0.3) is 10.2 Å². The fraction of sp³-hybridized carbons (Fsp3) is 0.364. The van der Waals surface area contributed by atoms with Crippen molar-refractivity contribution in [2.75, 3.05) is 24.3 Å². The molecule has 146 valence electrons. The molecule has 1 aliphatic heterocycles. The highest BCUT2D eigenvalue weighted by molar-refractivity contribution is 7.98. The molecule has 0 saturated carbocycles. The van der Waals surface area contributed by atoms with Gasteiger partial charge in [-0.05, 0) is 62.3 Å². The average molecular weight is 413 g/mol. The van der Waals surface area contributed by atoms with Crippen molar-refractivity contribution in [3.63, 3.8) is 0 Å². The first-order valence-corrected chi connectivity index (χ1v) is 11.5. The molecule has 4 nitrogen and oxygen atoms in total. The molecule has 2 aromatic carbocycles. The first-order chi connectivity index (χ1) is 13.6. The van der Waals surface area contributed by atoms with Crippen molar-refractivity contribution in [3.8, 4) is 0 Å². The summed E-state index contributed by atoms with van der Waals surface area (Å²) in [4.78, 5) is 21.2. The number of benzene rings is 2. The summed E-state index contributed by atoms with van der Waals surface area (Å²) in [5.74, 6) is -0.00567. The number of anilines is 1. The monoisotopic (exact) mass is 412 g/mol. The Balaban J connectivity index is 1.77. The van der Waals surface area contributed by atoms with Crippen LogP contribution in [-0.2, 0) is 4.74 Å². The minimum Gasteiger partial charge on any atom is -0.376 e. The molecule has 1 atom stereocenters. The highest BCUT2D eigenvalue weighted by Crippen LogP contribution is 2.34. The summed E-state index contributed by atoms with van der Waals surface area (Å²) in [6.07, 6.45) is 4.10. The Morgan fingerprint density at radius 2 is 2.14 bits per heavy atom. The number of carbonyl (C=O) groups is 1. The molecule has 28 heavy (non-hydrogen) atoms. The van der Waals surface area contributed by atoms with E-state index in [1.807, 2.05) is 35.4 Å². The smallest absolute Gasteiger partial charge is 0.261 e. The van der Waals surface area contributed by atoms with Gasteiger partial charge in [0.25, 0.3) is 5.91 Å². The van der Waals surface area contributed by atoms with Gasteiger partial charge in [-0.1, -0.05) is 29.5 Å². The van der Waals surface area contributed by atoms with Gasteiger partial charge in [0.1, 0.15) is 0 Å². The topological polar surface area (TPSA) is 42.4 Å². The van der Waals surface area contributed by atoms with Crippen LogP contribution in [0.2, 0.25) is 0 Å². The van der Waals surface area contributed by atoms with Crippen LogP contribution in [0.3, 0.4) is 0 Å². The van der Waals surface area contributed by atoms with Crippen LogP contribution >= 0.6 is 23.1 Å². The number of hydrogen-bond donors (Lipinski definition) is 0. The fourth-order valence-electron chi connectivity index (χ4n) is 3.68. The van der Waals surface area contributed by atoms with E-state index in [0.29, 0.717) is 6.54 Å². The lowest BCUT2D eigenvalue weighted by atomic mass is 10.1. The van der Waals surface area contributed by atoms with Gasteiger partial charge in [0, 0.05) is 11.5 Å². The number of nitrogens with zero attached hydrogens (tertiary/aromatic N) is 2. The number of ether oxygens (including phenoxy) is 1. The zero-order valence-corrected chi connectivity index (χ0v) is 18.0. The Hall–Kier alpha value is -1.89. The normalized spacial score (nSPS) is 16.6. The lowest BCUT2D eigenvalue weighted by molar-refractivity contribution is 0.0915. The maximum Gasteiger partial charge on any atom is 0.261 e. The van der Waals surface area contributed by atoms with E-state index in [2.05, 4.69) is 26.0 Å². The predicted octanol–water partition coefficient (Wildman–Crippen LogP) is 5.46. The van der Waals surface area contributed by atoms with E-state index in [1.54, 1.807) is 23.1 Å². The second-order valence-electron chi connectivity index (χ2n) is 7.18. The van der Waals surface area contributed by atoms with Crippen LogP contribution < -0.4 is 4.90 Å². The summed E-state index contributed by atoms with van der Waals surface area (Å²) < 4.78 is 6.96. The lowest BCUT2D eigenvalue weighted by Gasteiger charge is -2.24. The van der Waals surface area contributed by atoms with Crippen molar-refractivity contribution in [1.29, 1.82) is 0 Å². The van der Waals surface area contributed by atoms with Crippen LogP contribution in [0.4, 0.5) is 5.13 Å². The molecule has 6 heteroatoms. The number of rotatable bonds is 5. The van der Waals surface area contributed by atoms with Gasteiger partial charge in [-0.2, -0.15) is 0 Å². The molecule has 4 rings (SSSR count). The number of carbonyl (C=O) groups excluding carboxylic acids is 1. The van der Waals surface area contributed by atoms with Crippen molar-refractivity contribution in [2.24, 2.45) is 0 Å². The minimum atomic E-state index is -0.00567. The Morgan fingerprint density at radius 1 is 1.32 bits per heavy atom. The number of aromatic nitrogens is 1. The SMILES string of the molecule is CSc1ccccc1C(=O)N(CC1CCCO1)c1nc2c(C)cc(C)cc2s1. The van der Waals surface area contributed by atoms with E-state index in [4.69, 9.17) is 9.72 Å². The number of fused-ring (bicyclic) bond motifs is 1. The van der Waals surface area contributed by atoms with Gasteiger partial charge in [-0.15, -0.1) is 11.8 Å². The number of thioether (sulfide) groups is 1. The molecule has 0 spiro atoms. The standard InChI is InChI=1S/C22H24N2O2S2/c1-14-11-15(2)20-19(12-14)28-22(23-20)24(13-16-7-6-10-26-16)21(25)17-8-4-5-9-18(17)27-3/h4-5,8-9,11-12,16H,6-7,10,13H2,1-3H3. The maximum atomic E-state index is 13.6. The van der Waals surface area contributed by atoms with Crippen molar-refractivity contribution in [3.05, 3.63) is 53.1 Å². The molecule has 1 saturated heterocycles. The van der Waals surface area contributed by atoms with Gasteiger partial charge in [-0.25, -0.2) is 4.98 Å². The highest BCUT2D eigenvalue weighted by Gasteiger charge is 2.28. The molecule has 3 aromatic rings. The van der Waals surface area contributed by atoms with Crippen LogP contribution in [0.5, 0.6) is 0 Å². The second kappa shape index (κ2) is 8.23. The maximum absolute atomic E-state index is 13.6. The Morgan fingerprint density at radius 3 is 2.89 bits per heavy atom. The summed E-state index contributed by atoms with van der Waals surface area (Å²) >= 11 is 3.18. The Bertz CT molecular complexity index is 1010. The summed E-state index contributed by atoms with van der Waals surface area (Å²) in [6, 6.07) is 12.1. The molecule has 1 amide bonds. The third-order valence-corrected chi connectivity index (χ3v) is 6.86. The van der Waals surface area contributed by atoms with Crippen molar-refractivity contribution >= 4 is 44.4 Å². The highest BCUT2D eigenvalue weighted by atomic mass is 32.2. The van der Waals surface area contributed by atoms with E-state index in [0.717, 1.165) is 50.8 Å². The zero-order valence-electron chi connectivity index (χ0n) is 16.4. The van der Waals surface area contributed by atoms with Crippen molar-refractivity contribution < 1.29 is 9.53 Å². The fourth-order valence-corrected chi connectivity index (χ4v) is 5.42. The molecule has 0 aliphatic carbocycles. The number of thiazole rings is 1. The number of aryl methyl sites for hydroxylation is 2. The first kappa shape index (κ1) is 19.4. The van der Waals surface area contributed by atoms with Crippen LogP contribution in [-0.4, -0.2) is 36.4 Å². The molecule has 1 aliphatic rings. The average Bonchev–Trinajstić information content (AvgIpc) is 3.35. The third-order valence-electron chi connectivity index (χ3n) is 5.04. The van der Waals surface area contributed by atoms with Crippen molar-refractivity contribution in [2.45, 2.75) is 37.7 Å². The van der Waals surface area contributed by atoms with Crippen LogP contribution in [0.1, 0.15) is 34.3 Å². The molecular weight excluding hydrogens is 388 g/mol. The number of amides is 1. The van der Waals surface area contributed by atoms with E-state index < -0.39 is 0 Å². The quantitative estimate of drug-likeness (QED) is 0.522. The molecule has 1 unspecified atom stereocenters. The summed E-state index contributed by atoms with van der Waals surface area (Å²) in [5.41, 5.74) is 4.06. The molecule has 2 heterocycles. The van der Waals surface area contributed by atoms with E-state index in [1.165, 1.54) is 5.56 Å². The van der Waals surface area contributed by atoms with Crippen molar-refractivity contribution in [1.82, 2.24) is 4.98 Å². The van der Waals surface area contributed by atoms with Gasteiger partial charge in [0.2, 0.25) is 0 Å². The Kier molecular flexibility index (Phi) is 5.71. The summed E-state index contributed by atoms with van der Waals surface area (Å²) in [5, 5.41) is 0.750. The summed E-state index contributed by atoms with van der Waals surface area (Å²) in [6.45, 7) is 5.48. The number of hydrogen-bond acceptors (Lipinski definition) is 5. The molecule has 0 radical (unpaired) electrons. The van der Waals surface area contributed by atoms with Crippen LogP contribution in [0, 0.1) is 13.8 Å². The molecular formula is C22H24N2O2S2. The first-order valence-electron chi connectivity index (χ1n) is 9.51. The summed E-state index contributed by atoms with van der Waals surface area (Å²) in [7, 11) is 0. The molecule has 0 bridgehead atoms. The van der Waals surface area contributed by atoms with Gasteiger partial charge >= 0.3 is 0 Å². The zero-order chi connectivity index (χ0) is 19.7. The molecule has 1 aromatic heterocycles. The van der Waals surface area contributed by atoms with E-state index >= 15 is 0 Å². The van der Waals surface area contributed by atoms with Gasteiger partial charge in [-0.3, -0.25) is 9.69 Å². The molecule has 1 fully saturated rings. The Labute approximate surface area is 173 Å². The minimum absolute atomic E-state index is 0.00567. The van der Waals surface area contributed by atoms with E-state index in [9.17, 15) is 4.79 Å².